The number of benzene rings is 1. The lowest BCUT2D eigenvalue weighted by molar-refractivity contribution is -0.137. The van der Waals surface area contributed by atoms with Gasteiger partial charge < -0.3 is 9.47 Å². The summed E-state index contributed by atoms with van der Waals surface area (Å²) < 4.78 is 11.0. The van der Waals surface area contributed by atoms with Crippen molar-refractivity contribution in [2.45, 2.75) is 26.3 Å². The lowest BCUT2D eigenvalue weighted by Gasteiger charge is -2.27. The van der Waals surface area contributed by atoms with Crippen molar-refractivity contribution in [1.29, 1.82) is 0 Å². The second kappa shape index (κ2) is 7.05. The van der Waals surface area contributed by atoms with Crippen LogP contribution in [0.1, 0.15) is 20.3 Å². The lowest BCUT2D eigenvalue weighted by atomic mass is 9.89. The second-order valence-corrected chi connectivity index (χ2v) is 5.88. The monoisotopic (exact) mass is 343 g/mol. The van der Waals surface area contributed by atoms with E-state index in [1.807, 2.05) is 43.3 Å². The van der Waals surface area contributed by atoms with Gasteiger partial charge in [-0.2, -0.15) is 0 Å². The summed E-state index contributed by atoms with van der Waals surface area (Å²) in [6, 6.07) is 9.47. The molecule has 1 atom stereocenters. The number of nitrogens with zero attached hydrogens (tertiary/aromatic N) is 1. The number of rotatable bonds is 4. The first-order valence-corrected chi connectivity index (χ1v) is 8.24. The van der Waals surface area contributed by atoms with Crippen molar-refractivity contribution in [3.05, 3.63) is 63.9 Å². The Bertz CT molecular complexity index is 775. The van der Waals surface area contributed by atoms with Gasteiger partial charge in [0, 0.05) is 11.8 Å². The summed E-state index contributed by atoms with van der Waals surface area (Å²) in [4.78, 5) is 16.5. The summed E-state index contributed by atoms with van der Waals surface area (Å²) in [6.07, 6.45) is 4.20. The van der Waals surface area contributed by atoms with Gasteiger partial charge in [-0.15, -0.1) is 0 Å². The maximum Gasteiger partial charge on any atom is 0.341 e. The van der Waals surface area contributed by atoms with E-state index >= 15 is 0 Å². The van der Waals surface area contributed by atoms with Gasteiger partial charge in [-0.1, -0.05) is 29.8 Å². The molecule has 0 saturated heterocycles. The summed E-state index contributed by atoms with van der Waals surface area (Å²) in [5, 5.41) is 0.396. The van der Waals surface area contributed by atoms with Crippen molar-refractivity contribution in [2.75, 3.05) is 6.61 Å². The van der Waals surface area contributed by atoms with Gasteiger partial charge in [0.1, 0.15) is 11.5 Å². The van der Waals surface area contributed by atoms with Crippen molar-refractivity contribution in [3.8, 4) is 5.75 Å². The molecule has 0 saturated carbocycles. The number of halogens is 1. The van der Waals surface area contributed by atoms with Crippen LogP contribution in [-0.4, -0.2) is 24.8 Å². The van der Waals surface area contributed by atoms with E-state index in [2.05, 4.69) is 4.99 Å². The zero-order valence-corrected chi connectivity index (χ0v) is 14.3. The number of esters is 1. The maximum absolute atomic E-state index is 12.0. The van der Waals surface area contributed by atoms with Crippen molar-refractivity contribution in [3.63, 3.8) is 0 Å². The minimum absolute atomic E-state index is 0.0844. The van der Waals surface area contributed by atoms with E-state index in [4.69, 9.17) is 21.1 Å². The van der Waals surface area contributed by atoms with Gasteiger partial charge in [0.15, 0.2) is 0 Å². The molecule has 4 nitrogen and oxygen atoms in total. The molecule has 3 rings (SSSR count). The Hall–Kier alpha value is -2.33. The smallest absolute Gasteiger partial charge is 0.341 e. The number of fused-ring (bicyclic) bond motifs is 1. The summed E-state index contributed by atoms with van der Waals surface area (Å²) in [7, 11) is 0. The van der Waals surface area contributed by atoms with Gasteiger partial charge in [0.25, 0.3) is 0 Å². The Kier molecular flexibility index (Phi) is 4.86. The van der Waals surface area contributed by atoms with Gasteiger partial charge in [-0.25, -0.2) is 4.79 Å². The molecule has 1 heterocycles. The molecule has 0 bridgehead atoms. The number of ether oxygens (including phenoxy) is 2. The van der Waals surface area contributed by atoms with Crippen LogP contribution in [0.3, 0.4) is 0 Å². The van der Waals surface area contributed by atoms with Crippen LogP contribution in [0.25, 0.3) is 0 Å². The Morgan fingerprint density at radius 1 is 1.33 bits per heavy atom. The molecule has 0 radical (unpaired) electrons. The largest absolute Gasteiger partial charge is 0.462 e. The third-order valence-corrected chi connectivity index (χ3v) is 4.36. The predicted octanol–water partition coefficient (Wildman–Crippen LogP) is 4.18. The Morgan fingerprint density at radius 2 is 2.08 bits per heavy atom. The SMILES string of the molecule is CCOC(=O)C1=C(Cl)C2=C(C)C(Oc3ccccc3)=CCC2N=C1. The highest BCUT2D eigenvalue weighted by molar-refractivity contribution is 6.37. The fourth-order valence-corrected chi connectivity index (χ4v) is 3.16. The number of para-hydroxylation sites is 1. The van der Waals surface area contributed by atoms with Crippen LogP contribution in [0, 0.1) is 0 Å². The van der Waals surface area contributed by atoms with Crippen LogP contribution in [-0.2, 0) is 9.53 Å². The van der Waals surface area contributed by atoms with Crippen molar-refractivity contribution in [2.24, 2.45) is 4.99 Å². The Morgan fingerprint density at radius 3 is 2.79 bits per heavy atom. The number of allylic oxidation sites excluding steroid dienone is 1. The minimum atomic E-state index is -0.454. The summed E-state index contributed by atoms with van der Waals surface area (Å²) >= 11 is 6.50. The summed E-state index contributed by atoms with van der Waals surface area (Å²) in [6.45, 7) is 3.99. The van der Waals surface area contributed by atoms with Crippen LogP contribution in [0.4, 0.5) is 0 Å². The van der Waals surface area contributed by atoms with Gasteiger partial charge in [-0.05, 0) is 44.1 Å². The lowest BCUT2D eigenvalue weighted by Crippen LogP contribution is -2.24. The number of carbonyl (C=O) groups is 1. The van der Waals surface area contributed by atoms with Gasteiger partial charge in [0.05, 0.1) is 23.3 Å². The molecule has 5 heteroatoms. The summed E-state index contributed by atoms with van der Waals surface area (Å²) in [5.74, 6) is 1.04. The Labute approximate surface area is 146 Å². The number of dihydropyridines is 1. The number of hydrogen-bond donors (Lipinski definition) is 0. The van der Waals surface area contributed by atoms with Crippen LogP contribution in [0.5, 0.6) is 5.75 Å². The van der Waals surface area contributed by atoms with E-state index in [0.717, 1.165) is 22.7 Å². The Balaban J connectivity index is 1.94. The molecule has 1 aliphatic heterocycles. The van der Waals surface area contributed by atoms with Crippen molar-refractivity contribution < 1.29 is 14.3 Å². The van der Waals surface area contributed by atoms with E-state index < -0.39 is 5.97 Å². The van der Waals surface area contributed by atoms with Gasteiger partial charge in [0.2, 0.25) is 0 Å². The van der Waals surface area contributed by atoms with Crippen molar-refractivity contribution in [1.82, 2.24) is 0 Å². The third-order valence-electron chi connectivity index (χ3n) is 3.96. The fraction of sp³-hybridized carbons (Fsp3) is 0.263. The van der Waals surface area contributed by atoms with Crippen LogP contribution in [0.15, 0.2) is 68.9 Å². The van der Waals surface area contributed by atoms with E-state index in [-0.39, 0.29) is 6.04 Å². The van der Waals surface area contributed by atoms with Crippen LogP contribution < -0.4 is 4.74 Å². The zero-order valence-electron chi connectivity index (χ0n) is 13.6. The highest BCUT2D eigenvalue weighted by Crippen LogP contribution is 2.38. The second-order valence-electron chi connectivity index (χ2n) is 5.50. The average Bonchev–Trinajstić information content (AvgIpc) is 2.58. The maximum atomic E-state index is 12.0. The van der Waals surface area contributed by atoms with Gasteiger partial charge >= 0.3 is 5.97 Å². The highest BCUT2D eigenvalue weighted by atomic mass is 35.5. The molecule has 0 amide bonds. The van der Waals surface area contributed by atoms with E-state index in [1.54, 1.807) is 6.92 Å². The molecule has 2 aliphatic rings. The molecule has 24 heavy (non-hydrogen) atoms. The highest BCUT2D eigenvalue weighted by Gasteiger charge is 2.31. The molecular weight excluding hydrogens is 326 g/mol. The first-order chi connectivity index (χ1) is 11.6. The van der Waals surface area contributed by atoms with Crippen LogP contribution >= 0.6 is 11.6 Å². The zero-order chi connectivity index (χ0) is 17.1. The standard InChI is InChI=1S/C19H18ClNO3/c1-3-23-19(22)14-11-21-15-9-10-16(12(2)17(15)18(14)20)24-13-7-5-4-6-8-13/h4-8,10-11,15H,3,9H2,1-2H3. The average molecular weight is 344 g/mol. The van der Waals surface area contributed by atoms with Gasteiger partial charge in [-0.3, -0.25) is 4.99 Å². The minimum Gasteiger partial charge on any atom is -0.462 e. The molecule has 1 aromatic carbocycles. The van der Waals surface area contributed by atoms with E-state index in [9.17, 15) is 4.79 Å². The molecule has 0 spiro atoms. The molecule has 0 fully saturated rings. The topological polar surface area (TPSA) is 47.9 Å². The third kappa shape index (κ3) is 3.15. The quantitative estimate of drug-likeness (QED) is 0.770. The first-order valence-electron chi connectivity index (χ1n) is 7.86. The van der Waals surface area contributed by atoms with Crippen molar-refractivity contribution >= 4 is 23.8 Å². The summed E-state index contributed by atoms with van der Waals surface area (Å²) in [5.41, 5.74) is 2.01. The number of aliphatic imine (C=N–C) groups is 1. The van der Waals surface area contributed by atoms with Crippen LogP contribution in [0.2, 0.25) is 0 Å². The van der Waals surface area contributed by atoms with E-state index in [1.165, 1.54) is 6.21 Å². The number of hydrogen-bond acceptors (Lipinski definition) is 4. The number of carbonyl (C=O) groups excluding carboxylic acids is 1. The molecule has 0 N–H and O–H groups in total. The molecule has 1 aliphatic carbocycles. The first kappa shape index (κ1) is 16.5. The fourth-order valence-electron chi connectivity index (χ4n) is 2.77. The normalized spacial score (nSPS) is 19.8. The molecule has 124 valence electrons. The molecule has 0 aromatic heterocycles. The molecule has 1 aromatic rings. The molecule has 1 unspecified atom stereocenters. The van der Waals surface area contributed by atoms with E-state index in [0.29, 0.717) is 23.6 Å². The predicted molar refractivity (Wildman–Crippen MR) is 94.3 cm³/mol. The molecular formula is C19H18ClNO3.